The molecule has 0 saturated carbocycles. The molecule has 0 aliphatic rings. The molecule has 0 heterocycles. The fourth-order valence-corrected chi connectivity index (χ4v) is 1.46. The average molecular weight is 291 g/mol. The lowest BCUT2D eigenvalue weighted by Gasteiger charge is -2.21. The molecule has 110 valence electrons. The summed E-state index contributed by atoms with van der Waals surface area (Å²) in [6.07, 6.45) is 0.597. The standard InChI is InChI=1S/C7H8O3S.C5H13NO2/c1-6-2-4-7(5-3-6)11(8,9)10;1-2-5(6,3-7)4-8/h2-5H,1H3,(H,8,9,10);7-8H,2-4,6H2,1H3. The van der Waals surface area contributed by atoms with Gasteiger partial charge in [0.2, 0.25) is 0 Å². The van der Waals surface area contributed by atoms with Gasteiger partial charge in [0.05, 0.1) is 23.6 Å². The quantitative estimate of drug-likeness (QED) is 0.593. The second-order valence-corrected chi connectivity index (χ2v) is 5.74. The molecule has 0 fully saturated rings. The van der Waals surface area contributed by atoms with Gasteiger partial charge in [-0.05, 0) is 25.5 Å². The summed E-state index contributed by atoms with van der Waals surface area (Å²) in [5.74, 6) is 0. The van der Waals surface area contributed by atoms with Crippen molar-refractivity contribution in [2.45, 2.75) is 30.7 Å². The van der Waals surface area contributed by atoms with Gasteiger partial charge in [0.15, 0.2) is 0 Å². The lowest BCUT2D eigenvalue weighted by molar-refractivity contribution is 0.118. The van der Waals surface area contributed by atoms with Crippen molar-refractivity contribution in [2.75, 3.05) is 13.2 Å². The molecular weight excluding hydrogens is 270 g/mol. The molecule has 1 aromatic rings. The first kappa shape index (κ1) is 18.0. The van der Waals surface area contributed by atoms with Crippen LogP contribution in [0.15, 0.2) is 29.2 Å². The van der Waals surface area contributed by atoms with E-state index in [-0.39, 0.29) is 18.1 Å². The molecule has 5 N–H and O–H groups in total. The Labute approximate surface area is 113 Å². The summed E-state index contributed by atoms with van der Waals surface area (Å²) in [6.45, 7) is 3.36. The van der Waals surface area contributed by atoms with Crippen LogP contribution in [0.2, 0.25) is 0 Å². The lowest BCUT2D eigenvalue weighted by Crippen LogP contribution is -2.46. The lowest BCUT2D eigenvalue weighted by atomic mass is 10.0. The van der Waals surface area contributed by atoms with Crippen molar-refractivity contribution in [2.24, 2.45) is 5.73 Å². The van der Waals surface area contributed by atoms with E-state index in [0.717, 1.165) is 5.56 Å². The van der Waals surface area contributed by atoms with E-state index in [9.17, 15) is 8.42 Å². The monoisotopic (exact) mass is 291 g/mol. The molecular formula is C12H21NO5S. The zero-order valence-corrected chi connectivity index (χ0v) is 11.9. The first-order valence-corrected chi connectivity index (χ1v) is 7.17. The third-order valence-corrected chi connectivity index (χ3v) is 3.52. The average Bonchev–Trinajstić information content (AvgIpc) is 2.38. The summed E-state index contributed by atoms with van der Waals surface area (Å²) < 4.78 is 29.6. The van der Waals surface area contributed by atoms with E-state index in [0.29, 0.717) is 6.42 Å². The maximum Gasteiger partial charge on any atom is 0.294 e. The second kappa shape index (κ2) is 7.56. The zero-order chi connectivity index (χ0) is 15.1. The van der Waals surface area contributed by atoms with Crippen molar-refractivity contribution in [1.82, 2.24) is 0 Å². The van der Waals surface area contributed by atoms with E-state index in [1.54, 1.807) is 12.1 Å². The summed E-state index contributed by atoms with van der Waals surface area (Å²) in [7, 11) is -4.02. The van der Waals surface area contributed by atoms with E-state index in [2.05, 4.69) is 0 Å². The van der Waals surface area contributed by atoms with Gasteiger partial charge in [-0.25, -0.2) is 0 Å². The second-order valence-electron chi connectivity index (χ2n) is 4.32. The number of benzene rings is 1. The Bertz CT molecular complexity index is 457. The maximum absolute atomic E-state index is 10.5. The van der Waals surface area contributed by atoms with Crippen molar-refractivity contribution in [3.8, 4) is 0 Å². The molecule has 7 heteroatoms. The third kappa shape index (κ3) is 6.65. The predicted molar refractivity (Wildman–Crippen MR) is 72.4 cm³/mol. The molecule has 6 nitrogen and oxygen atoms in total. The van der Waals surface area contributed by atoms with Crippen molar-refractivity contribution in [1.29, 1.82) is 0 Å². The van der Waals surface area contributed by atoms with Gasteiger partial charge in [-0.2, -0.15) is 8.42 Å². The highest BCUT2D eigenvalue weighted by Gasteiger charge is 2.19. The molecule has 19 heavy (non-hydrogen) atoms. The third-order valence-electron chi connectivity index (χ3n) is 2.65. The number of rotatable bonds is 4. The normalized spacial score (nSPS) is 11.7. The van der Waals surface area contributed by atoms with Gasteiger partial charge in [-0.1, -0.05) is 24.6 Å². The highest BCUT2D eigenvalue weighted by Crippen LogP contribution is 2.08. The van der Waals surface area contributed by atoms with Crippen LogP contribution in [0.3, 0.4) is 0 Å². The van der Waals surface area contributed by atoms with Gasteiger partial charge in [0.1, 0.15) is 0 Å². The molecule has 0 saturated heterocycles. The van der Waals surface area contributed by atoms with E-state index in [1.165, 1.54) is 12.1 Å². The molecule has 0 atom stereocenters. The van der Waals surface area contributed by atoms with Crippen LogP contribution in [-0.2, 0) is 10.1 Å². The van der Waals surface area contributed by atoms with Crippen LogP contribution in [0.5, 0.6) is 0 Å². The Morgan fingerprint density at radius 2 is 1.58 bits per heavy atom. The Hall–Kier alpha value is -0.990. The number of nitrogens with two attached hydrogens (primary N) is 1. The van der Waals surface area contributed by atoms with Crippen LogP contribution in [0.25, 0.3) is 0 Å². The molecule has 0 radical (unpaired) electrons. The predicted octanol–water partition coefficient (Wildman–Crippen LogP) is 0.320. The summed E-state index contributed by atoms with van der Waals surface area (Å²) in [4.78, 5) is -0.0666. The SMILES string of the molecule is CCC(N)(CO)CO.Cc1ccc(S(=O)(=O)O)cc1. The van der Waals surface area contributed by atoms with Gasteiger partial charge in [-0.15, -0.1) is 0 Å². The van der Waals surface area contributed by atoms with Crippen LogP contribution in [0.4, 0.5) is 0 Å². The van der Waals surface area contributed by atoms with Crippen LogP contribution in [0.1, 0.15) is 18.9 Å². The van der Waals surface area contributed by atoms with E-state index in [1.807, 2.05) is 13.8 Å². The van der Waals surface area contributed by atoms with Crippen LogP contribution < -0.4 is 5.73 Å². The first-order valence-electron chi connectivity index (χ1n) is 5.73. The van der Waals surface area contributed by atoms with Gasteiger partial charge in [0.25, 0.3) is 10.1 Å². The van der Waals surface area contributed by atoms with E-state index >= 15 is 0 Å². The maximum atomic E-state index is 10.5. The molecule has 0 amide bonds. The number of hydrogen-bond acceptors (Lipinski definition) is 5. The Balaban J connectivity index is 0.000000362. The van der Waals surface area contributed by atoms with Crippen LogP contribution in [-0.4, -0.2) is 41.9 Å². The smallest absolute Gasteiger partial charge is 0.294 e. The van der Waals surface area contributed by atoms with Gasteiger partial charge in [-0.3, -0.25) is 4.55 Å². The van der Waals surface area contributed by atoms with Crippen molar-refractivity contribution >= 4 is 10.1 Å². The number of hydrogen-bond donors (Lipinski definition) is 4. The Kier molecular flexibility index (Phi) is 7.17. The summed E-state index contributed by atoms with van der Waals surface area (Å²) in [5, 5.41) is 17.0. The van der Waals surface area contributed by atoms with Crippen LogP contribution in [0, 0.1) is 6.92 Å². The number of aryl methyl sites for hydroxylation is 1. The van der Waals surface area contributed by atoms with E-state index < -0.39 is 15.7 Å². The summed E-state index contributed by atoms with van der Waals surface area (Å²) in [5.41, 5.74) is 5.59. The molecule has 0 spiro atoms. The molecule has 0 unspecified atom stereocenters. The van der Waals surface area contributed by atoms with Crippen LogP contribution >= 0.6 is 0 Å². The minimum Gasteiger partial charge on any atom is -0.394 e. The van der Waals surface area contributed by atoms with Crippen molar-refractivity contribution in [3.05, 3.63) is 29.8 Å². The molecule has 0 aliphatic heterocycles. The topological polar surface area (TPSA) is 121 Å². The zero-order valence-electron chi connectivity index (χ0n) is 11.1. The largest absolute Gasteiger partial charge is 0.394 e. The summed E-state index contributed by atoms with van der Waals surface area (Å²) in [6, 6.07) is 5.99. The van der Waals surface area contributed by atoms with Gasteiger partial charge >= 0.3 is 0 Å². The molecule has 0 aromatic heterocycles. The molecule has 0 aliphatic carbocycles. The molecule has 0 bridgehead atoms. The number of aliphatic hydroxyl groups is 2. The van der Waals surface area contributed by atoms with Gasteiger partial charge in [0, 0.05) is 0 Å². The first-order chi connectivity index (χ1) is 8.68. The number of aliphatic hydroxyl groups excluding tert-OH is 2. The summed E-state index contributed by atoms with van der Waals surface area (Å²) >= 11 is 0. The fraction of sp³-hybridized carbons (Fsp3) is 0.500. The minimum atomic E-state index is -4.02. The van der Waals surface area contributed by atoms with Crippen molar-refractivity contribution in [3.63, 3.8) is 0 Å². The highest BCUT2D eigenvalue weighted by molar-refractivity contribution is 7.85. The Morgan fingerprint density at radius 1 is 1.16 bits per heavy atom. The minimum absolute atomic E-state index is 0.0666. The van der Waals surface area contributed by atoms with Crippen molar-refractivity contribution < 1.29 is 23.2 Å². The molecule has 1 rings (SSSR count). The van der Waals surface area contributed by atoms with E-state index in [4.69, 9.17) is 20.5 Å². The molecule has 1 aromatic carbocycles. The highest BCUT2D eigenvalue weighted by atomic mass is 32.2. The Morgan fingerprint density at radius 3 is 1.79 bits per heavy atom. The van der Waals surface area contributed by atoms with Gasteiger partial charge < -0.3 is 15.9 Å². The fourth-order valence-electron chi connectivity index (χ4n) is 0.984.